The highest BCUT2D eigenvalue weighted by atomic mass is 19.1. The SMILES string of the molecule is N=C1c2cc(F)ccc2CN1CCCn1ccnn1. The van der Waals surface area contributed by atoms with Gasteiger partial charge in [0.15, 0.2) is 0 Å². The summed E-state index contributed by atoms with van der Waals surface area (Å²) in [5, 5.41) is 15.7. The zero-order chi connectivity index (χ0) is 13.2. The number of fused-ring (bicyclic) bond motifs is 1. The van der Waals surface area contributed by atoms with Crippen molar-refractivity contribution in [1.82, 2.24) is 19.9 Å². The van der Waals surface area contributed by atoms with Gasteiger partial charge in [-0.05, 0) is 24.1 Å². The topological polar surface area (TPSA) is 57.8 Å². The van der Waals surface area contributed by atoms with E-state index in [9.17, 15) is 4.39 Å². The number of aromatic nitrogens is 3. The van der Waals surface area contributed by atoms with Crippen molar-refractivity contribution < 1.29 is 4.39 Å². The molecule has 2 aromatic rings. The molecule has 0 unspecified atom stereocenters. The summed E-state index contributed by atoms with van der Waals surface area (Å²) >= 11 is 0. The number of hydrogen-bond acceptors (Lipinski definition) is 3. The summed E-state index contributed by atoms with van der Waals surface area (Å²) in [4.78, 5) is 1.96. The van der Waals surface area contributed by atoms with Crippen LogP contribution in [0.2, 0.25) is 0 Å². The highest BCUT2D eigenvalue weighted by Crippen LogP contribution is 2.23. The fourth-order valence-corrected chi connectivity index (χ4v) is 2.33. The fourth-order valence-electron chi connectivity index (χ4n) is 2.33. The van der Waals surface area contributed by atoms with Crippen molar-refractivity contribution in [2.75, 3.05) is 6.54 Å². The minimum Gasteiger partial charge on any atom is -0.352 e. The molecule has 0 aliphatic carbocycles. The molecule has 2 heterocycles. The largest absolute Gasteiger partial charge is 0.352 e. The molecular formula is C13H14FN5. The molecule has 98 valence electrons. The Morgan fingerprint density at radius 3 is 3.00 bits per heavy atom. The number of nitrogens with zero attached hydrogens (tertiary/aromatic N) is 4. The van der Waals surface area contributed by atoms with Crippen LogP contribution in [0, 0.1) is 11.2 Å². The summed E-state index contributed by atoms with van der Waals surface area (Å²) in [5.74, 6) is 0.126. The molecule has 0 amide bonds. The van der Waals surface area contributed by atoms with E-state index in [1.54, 1.807) is 16.9 Å². The summed E-state index contributed by atoms with van der Waals surface area (Å²) in [7, 11) is 0. The maximum Gasteiger partial charge on any atom is 0.128 e. The predicted octanol–water partition coefficient (Wildman–Crippen LogP) is 1.65. The molecule has 0 radical (unpaired) electrons. The molecule has 0 saturated heterocycles. The van der Waals surface area contributed by atoms with Crippen LogP contribution in [0.4, 0.5) is 4.39 Å². The van der Waals surface area contributed by atoms with Crippen molar-refractivity contribution in [3.8, 4) is 0 Å². The van der Waals surface area contributed by atoms with E-state index in [0.29, 0.717) is 17.9 Å². The molecule has 1 aromatic heterocycles. The number of amidine groups is 1. The quantitative estimate of drug-likeness (QED) is 0.908. The van der Waals surface area contributed by atoms with Crippen LogP contribution in [0.15, 0.2) is 30.6 Å². The molecular weight excluding hydrogens is 245 g/mol. The van der Waals surface area contributed by atoms with Crippen molar-refractivity contribution in [3.63, 3.8) is 0 Å². The van der Waals surface area contributed by atoms with Crippen LogP contribution in [0.3, 0.4) is 0 Å². The van der Waals surface area contributed by atoms with E-state index in [1.165, 1.54) is 12.1 Å². The smallest absolute Gasteiger partial charge is 0.128 e. The van der Waals surface area contributed by atoms with Gasteiger partial charge in [-0.1, -0.05) is 11.3 Å². The van der Waals surface area contributed by atoms with Crippen LogP contribution in [0.25, 0.3) is 0 Å². The van der Waals surface area contributed by atoms with Crippen molar-refractivity contribution in [2.24, 2.45) is 0 Å². The molecule has 0 spiro atoms. The summed E-state index contributed by atoms with van der Waals surface area (Å²) < 4.78 is 14.9. The van der Waals surface area contributed by atoms with E-state index in [-0.39, 0.29) is 5.82 Å². The fraction of sp³-hybridized carbons (Fsp3) is 0.308. The van der Waals surface area contributed by atoms with Gasteiger partial charge in [-0.3, -0.25) is 10.1 Å². The lowest BCUT2D eigenvalue weighted by Crippen LogP contribution is -2.26. The van der Waals surface area contributed by atoms with Crippen molar-refractivity contribution in [2.45, 2.75) is 19.5 Å². The molecule has 19 heavy (non-hydrogen) atoms. The van der Waals surface area contributed by atoms with Gasteiger partial charge in [0.1, 0.15) is 11.7 Å². The molecule has 0 bridgehead atoms. The molecule has 1 aliphatic heterocycles. The molecule has 0 saturated carbocycles. The van der Waals surface area contributed by atoms with Gasteiger partial charge in [0.05, 0.1) is 6.20 Å². The van der Waals surface area contributed by atoms with Crippen LogP contribution in [-0.4, -0.2) is 32.3 Å². The zero-order valence-electron chi connectivity index (χ0n) is 10.4. The van der Waals surface area contributed by atoms with E-state index in [2.05, 4.69) is 10.3 Å². The van der Waals surface area contributed by atoms with E-state index in [4.69, 9.17) is 5.41 Å². The van der Waals surface area contributed by atoms with E-state index in [1.807, 2.05) is 11.1 Å². The first-order chi connectivity index (χ1) is 9.24. The first-order valence-electron chi connectivity index (χ1n) is 6.20. The van der Waals surface area contributed by atoms with Gasteiger partial charge in [-0.25, -0.2) is 4.39 Å². The summed E-state index contributed by atoms with van der Waals surface area (Å²) in [6, 6.07) is 4.65. The van der Waals surface area contributed by atoms with Gasteiger partial charge in [0.25, 0.3) is 0 Å². The summed E-state index contributed by atoms with van der Waals surface area (Å²) in [5.41, 5.74) is 1.73. The van der Waals surface area contributed by atoms with Crippen LogP contribution in [0.5, 0.6) is 0 Å². The third-order valence-electron chi connectivity index (χ3n) is 3.29. The first-order valence-corrected chi connectivity index (χ1v) is 6.20. The number of benzene rings is 1. The van der Waals surface area contributed by atoms with Crippen LogP contribution < -0.4 is 0 Å². The lowest BCUT2D eigenvalue weighted by molar-refractivity contribution is 0.395. The second-order valence-corrected chi connectivity index (χ2v) is 4.59. The first kappa shape index (κ1) is 11.8. The summed E-state index contributed by atoms with van der Waals surface area (Å²) in [6.07, 6.45) is 4.35. The third kappa shape index (κ3) is 2.33. The van der Waals surface area contributed by atoms with Crippen molar-refractivity contribution in [1.29, 1.82) is 5.41 Å². The summed E-state index contributed by atoms with van der Waals surface area (Å²) in [6.45, 7) is 2.22. The Balaban J connectivity index is 1.61. The Bertz CT molecular complexity index is 593. The van der Waals surface area contributed by atoms with E-state index >= 15 is 0 Å². The third-order valence-corrected chi connectivity index (χ3v) is 3.29. The van der Waals surface area contributed by atoms with Gasteiger partial charge >= 0.3 is 0 Å². The number of aryl methyl sites for hydroxylation is 1. The molecule has 6 heteroatoms. The monoisotopic (exact) mass is 259 g/mol. The molecule has 0 atom stereocenters. The van der Waals surface area contributed by atoms with E-state index < -0.39 is 0 Å². The van der Waals surface area contributed by atoms with E-state index in [0.717, 1.165) is 25.1 Å². The Labute approximate surface area is 110 Å². The standard InChI is InChI=1S/C13H14FN5/c14-11-3-2-10-9-18(13(15)12(10)8-11)5-1-6-19-7-4-16-17-19/h2-4,7-8,15H,1,5-6,9H2. The van der Waals surface area contributed by atoms with Gasteiger partial charge in [0, 0.05) is 31.4 Å². The minimum absolute atomic E-state index is 0.284. The lowest BCUT2D eigenvalue weighted by atomic mass is 10.1. The number of rotatable bonds is 4. The van der Waals surface area contributed by atoms with Crippen LogP contribution >= 0.6 is 0 Å². The Hall–Kier alpha value is -2.24. The Morgan fingerprint density at radius 1 is 1.32 bits per heavy atom. The molecule has 3 rings (SSSR count). The second-order valence-electron chi connectivity index (χ2n) is 4.59. The molecule has 0 fully saturated rings. The minimum atomic E-state index is -0.284. The lowest BCUT2D eigenvalue weighted by Gasteiger charge is -2.17. The number of nitrogens with one attached hydrogen (secondary N) is 1. The molecule has 1 aromatic carbocycles. The zero-order valence-corrected chi connectivity index (χ0v) is 10.4. The maximum absolute atomic E-state index is 13.2. The van der Waals surface area contributed by atoms with Gasteiger partial charge in [-0.2, -0.15) is 0 Å². The Kier molecular flexibility index (Phi) is 2.98. The van der Waals surface area contributed by atoms with Crippen LogP contribution in [0.1, 0.15) is 17.5 Å². The van der Waals surface area contributed by atoms with Gasteiger partial charge in [-0.15, -0.1) is 5.10 Å². The highest BCUT2D eigenvalue weighted by Gasteiger charge is 2.23. The number of halogens is 1. The second kappa shape index (κ2) is 4.79. The average molecular weight is 259 g/mol. The predicted molar refractivity (Wildman–Crippen MR) is 68.3 cm³/mol. The number of hydrogen-bond donors (Lipinski definition) is 1. The highest BCUT2D eigenvalue weighted by molar-refractivity contribution is 6.00. The normalized spacial score (nSPS) is 13.9. The molecule has 1 N–H and O–H groups in total. The van der Waals surface area contributed by atoms with Gasteiger partial charge in [0.2, 0.25) is 0 Å². The molecule has 5 nitrogen and oxygen atoms in total. The Morgan fingerprint density at radius 2 is 2.21 bits per heavy atom. The van der Waals surface area contributed by atoms with Crippen molar-refractivity contribution >= 4 is 5.84 Å². The maximum atomic E-state index is 13.2. The molecule has 1 aliphatic rings. The average Bonchev–Trinajstić information content (AvgIpc) is 3.00. The van der Waals surface area contributed by atoms with Crippen LogP contribution in [-0.2, 0) is 13.1 Å². The van der Waals surface area contributed by atoms with Crippen molar-refractivity contribution in [3.05, 3.63) is 47.5 Å². The van der Waals surface area contributed by atoms with Gasteiger partial charge < -0.3 is 4.90 Å².